The SMILES string of the molecule is C=CC(/C=C/C(C)NC(=O)OCCCC)(NC(=O)OCCCC)C(=O)OC(C)C. The third kappa shape index (κ3) is 11.2. The molecule has 0 spiro atoms. The van der Waals surface area contributed by atoms with Crippen LogP contribution in [0.25, 0.3) is 0 Å². The summed E-state index contributed by atoms with van der Waals surface area (Å²) in [6.45, 7) is 13.3. The molecule has 2 atom stereocenters. The molecule has 0 saturated carbocycles. The first-order valence-corrected chi connectivity index (χ1v) is 10.1. The Morgan fingerprint density at radius 2 is 1.55 bits per heavy atom. The molecule has 8 nitrogen and oxygen atoms in total. The van der Waals surface area contributed by atoms with Crippen molar-refractivity contribution >= 4 is 18.2 Å². The van der Waals surface area contributed by atoms with Gasteiger partial charge in [0.05, 0.1) is 19.3 Å². The molecule has 0 aliphatic heterocycles. The van der Waals surface area contributed by atoms with Crippen molar-refractivity contribution in [2.75, 3.05) is 13.2 Å². The monoisotopic (exact) mass is 412 g/mol. The number of hydrogen-bond donors (Lipinski definition) is 2. The standard InChI is InChI=1S/C21H36N2O6/c1-7-10-14-27-19(25)22-17(6)12-13-21(9-3,18(24)29-16(4)5)23-20(26)28-15-11-8-2/h9,12-13,16-17H,3,7-8,10-11,14-15H2,1-2,4-6H3,(H,22,25)(H,23,26)/b13-12+. The van der Waals surface area contributed by atoms with E-state index in [1.165, 1.54) is 12.2 Å². The van der Waals surface area contributed by atoms with E-state index in [-0.39, 0.29) is 6.61 Å². The van der Waals surface area contributed by atoms with Crippen LogP contribution >= 0.6 is 0 Å². The molecule has 29 heavy (non-hydrogen) atoms. The zero-order chi connectivity index (χ0) is 22.3. The molecule has 8 heteroatoms. The number of amides is 2. The molecule has 0 aromatic carbocycles. The quantitative estimate of drug-likeness (QED) is 0.206. The van der Waals surface area contributed by atoms with Crippen molar-refractivity contribution in [3.8, 4) is 0 Å². The van der Waals surface area contributed by atoms with Gasteiger partial charge in [-0.1, -0.05) is 45.4 Å². The Morgan fingerprint density at radius 3 is 2.03 bits per heavy atom. The Kier molecular flexibility index (Phi) is 13.2. The highest BCUT2D eigenvalue weighted by molar-refractivity contribution is 5.90. The predicted octanol–water partition coefficient (Wildman–Crippen LogP) is 3.86. The maximum atomic E-state index is 12.7. The van der Waals surface area contributed by atoms with Crippen molar-refractivity contribution < 1.29 is 28.6 Å². The number of hydrogen-bond acceptors (Lipinski definition) is 6. The van der Waals surface area contributed by atoms with Crippen LogP contribution in [0.15, 0.2) is 24.8 Å². The molecule has 0 fully saturated rings. The average molecular weight is 413 g/mol. The van der Waals surface area contributed by atoms with Crippen LogP contribution in [0.4, 0.5) is 9.59 Å². The molecular weight excluding hydrogens is 376 g/mol. The summed E-state index contributed by atoms with van der Waals surface area (Å²) >= 11 is 0. The van der Waals surface area contributed by atoms with E-state index in [1.54, 1.807) is 26.8 Å². The highest BCUT2D eigenvalue weighted by atomic mass is 16.6. The van der Waals surface area contributed by atoms with Gasteiger partial charge in [0.2, 0.25) is 0 Å². The van der Waals surface area contributed by atoms with Crippen molar-refractivity contribution in [3.05, 3.63) is 24.8 Å². The van der Waals surface area contributed by atoms with Crippen LogP contribution in [0, 0.1) is 0 Å². The maximum absolute atomic E-state index is 12.7. The van der Waals surface area contributed by atoms with E-state index in [0.29, 0.717) is 13.0 Å². The number of carbonyl (C=O) groups excluding carboxylic acids is 3. The molecule has 2 amide bonds. The molecule has 0 bridgehead atoms. The molecule has 0 rings (SSSR count). The van der Waals surface area contributed by atoms with Crippen LogP contribution in [-0.2, 0) is 19.0 Å². The highest BCUT2D eigenvalue weighted by Crippen LogP contribution is 2.15. The Hall–Kier alpha value is -2.51. The van der Waals surface area contributed by atoms with Crippen molar-refractivity contribution in [2.45, 2.75) is 78.0 Å². The van der Waals surface area contributed by atoms with E-state index in [1.807, 2.05) is 13.8 Å². The number of nitrogens with one attached hydrogen (secondary N) is 2. The average Bonchev–Trinajstić information content (AvgIpc) is 2.65. The second-order valence-electron chi connectivity index (χ2n) is 6.92. The molecule has 0 saturated heterocycles. The van der Waals surface area contributed by atoms with Crippen LogP contribution in [0.5, 0.6) is 0 Å². The van der Waals surface area contributed by atoms with Gasteiger partial charge in [0.1, 0.15) is 0 Å². The lowest BCUT2D eigenvalue weighted by atomic mass is 9.98. The molecule has 0 aromatic heterocycles. The van der Waals surface area contributed by atoms with Crippen LogP contribution in [0.2, 0.25) is 0 Å². The van der Waals surface area contributed by atoms with E-state index in [9.17, 15) is 14.4 Å². The van der Waals surface area contributed by atoms with Crippen LogP contribution in [0.1, 0.15) is 60.3 Å². The van der Waals surface area contributed by atoms with Gasteiger partial charge in [-0.3, -0.25) is 5.32 Å². The van der Waals surface area contributed by atoms with Crippen molar-refractivity contribution in [2.24, 2.45) is 0 Å². The second-order valence-corrected chi connectivity index (χ2v) is 6.92. The fraction of sp³-hybridized carbons (Fsp3) is 0.667. The summed E-state index contributed by atoms with van der Waals surface area (Å²) in [5, 5.41) is 5.14. The fourth-order valence-corrected chi connectivity index (χ4v) is 2.07. The molecular formula is C21H36N2O6. The molecule has 0 aliphatic rings. The summed E-state index contributed by atoms with van der Waals surface area (Å²) in [7, 11) is 0. The first-order chi connectivity index (χ1) is 13.7. The number of unbranched alkanes of at least 4 members (excludes halogenated alkanes) is 2. The minimum Gasteiger partial charge on any atom is -0.461 e. The minimum absolute atomic E-state index is 0.236. The van der Waals surface area contributed by atoms with Gasteiger partial charge in [0, 0.05) is 6.04 Å². The topological polar surface area (TPSA) is 103 Å². The molecule has 0 aliphatic carbocycles. The molecule has 0 heterocycles. The predicted molar refractivity (Wildman–Crippen MR) is 112 cm³/mol. The zero-order valence-corrected chi connectivity index (χ0v) is 18.3. The highest BCUT2D eigenvalue weighted by Gasteiger charge is 2.37. The van der Waals surface area contributed by atoms with Gasteiger partial charge in [-0.05, 0) is 39.7 Å². The maximum Gasteiger partial charge on any atom is 0.408 e. The summed E-state index contributed by atoms with van der Waals surface area (Å²) in [5.41, 5.74) is -1.63. The second kappa shape index (κ2) is 14.5. The lowest BCUT2D eigenvalue weighted by molar-refractivity contribution is -0.151. The van der Waals surface area contributed by atoms with Gasteiger partial charge >= 0.3 is 18.2 Å². The van der Waals surface area contributed by atoms with Crippen LogP contribution < -0.4 is 10.6 Å². The first kappa shape index (κ1) is 26.5. The Balaban J connectivity index is 5.23. The zero-order valence-electron chi connectivity index (χ0n) is 18.3. The van der Waals surface area contributed by atoms with Gasteiger partial charge in [0.15, 0.2) is 5.54 Å². The van der Waals surface area contributed by atoms with Crippen molar-refractivity contribution in [1.29, 1.82) is 0 Å². The van der Waals surface area contributed by atoms with E-state index in [2.05, 4.69) is 17.2 Å². The number of alkyl carbamates (subject to hydrolysis) is 2. The van der Waals surface area contributed by atoms with Gasteiger partial charge in [-0.25, -0.2) is 14.4 Å². The van der Waals surface area contributed by atoms with Crippen LogP contribution in [-0.4, -0.2) is 49.1 Å². The summed E-state index contributed by atoms with van der Waals surface area (Å²) in [6.07, 6.45) is 5.80. The van der Waals surface area contributed by atoms with Crippen molar-refractivity contribution in [1.82, 2.24) is 10.6 Å². The third-order valence-corrected chi connectivity index (χ3v) is 3.77. The first-order valence-electron chi connectivity index (χ1n) is 10.1. The third-order valence-electron chi connectivity index (χ3n) is 3.77. The summed E-state index contributed by atoms with van der Waals surface area (Å²) in [4.78, 5) is 36.6. The normalized spacial score (nSPS) is 14.0. The van der Waals surface area contributed by atoms with E-state index >= 15 is 0 Å². The number of carbonyl (C=O) groups is 3. The molecule has 2 N–H and O–H groups in total. The number of esters is 1. The number of rotatable bonds is 13. The van der Waals surface area contributed by atoms with E-state index in [0.717, 1.165) is 19.3 Å². The summed E-state index contributed by atoms with van der Waals surface area (Å²) in [5.74, 6) is -0.705. The summed E-state index contributed by atoms with van der Waals surface area (Å²) in [6, 6.07) is -0.465. The fourth-order valence-electron chi connectivity index (χ4n) is 2.07. The van der Waals surface area contributed by atoms with Crippen molar-refractivity contribution in [3.63, 3.8) is 0 Å². The van der Waals surface area contributed by atoms with E-state index in [4.69, 9.17) is 14.2 Å². The minimum atomic E-state index is -1.63. The Bertz CT molecular complexity index is 561. The Labute approximate surface area is 174 Å². The van der Waals surface area contributed by atoms with Gasteiger partial charge in [0.25, 0.3) is 0 Å². The number of ether oxygens (including phenoxy) is 3. The Morgan fingerprint density at radius 1 is 1.00 bits per heavy atom. The smallest absolute Gasteiger partial charge is 0.408 e. The largest absolute Gasteiger partial charge is 0.461 e. The summed E-state index contributed by atoms with van der Waals surface area (Å²) < 4.78 is 15.4. The van der Waals surface area contributed by atoms with Crippen LogP contribution in [0.3, 0.4) is 0 Å². The molecule has 166 valence electrons. The lowest BCUT2D eigenvalue weighted by Crippen LogP contribution is -2.53. The molecule has 2 unspecified atom stereocenters. The van der Waals surface area contributed by atoms with E-state index < -0.39 is 35.8 Å². The molecule has 0 aromatic rings. The van der Waals surface area contributed by atoms with Gasteiger partial charge < -0.3 is 19.5 Å². The van der Waals surface area contributed by atoms with Gasteiger partial charge in [-0.2, -0.15) is 0 Å². The van der Waals surface area contributed by atoms with Gasteiger partial charge in [-0.15, -0.1) is 0 Å². The molecule has 0 radical (unpaired) electrons. The lowest BCUT2D eigenvalue weighted by Gasteiger charge is -2.27.